The van der Waals surface area contributed by atoms with Gasteiger partial charge in [-0.1, -0.05) is 54.6 Å². The topological polar surface area (TPSA) is 103 Å². The van der Waals surface area contributed by atoms with Crippen LogP contribution in [-0.2, 0) is 19.0 Å². The molecule has 3 rings (SSSR count). The first-order valence-corrected chi connectivity index (χ1v) is 13.0. The highest BCUT2D eigenvalue weighted by Gasteiger charge is 2.27. The fraction of sp³-hybridized carbons (Fsp3) is 0.433. The molecule has 0 aromatic heterocycles. The van der Waals surface area contributed by atoms with Crippen LogP contribution >= 0.6 is 0 Å². The van der Waals surface area contributed by atoms with Gasteiger partial charge in [-0.3, -0.25) is 10.1 Å². The summed E-state index contributed by atoms with van der Waals surface area (Å²) >= 11 is 0. The zero-order valence-corrected chi connectivity index (χ0v) is 22.6. The zero-order valence-electron chi connectivity index (χ0n) is 22.6. The van der Waals surface area contributed by atoms with Crippen LogP contribution in [0, 0.1) is 0 Å². The Balaban J connectivity index is 1.60. The Morgan fingerprint density at radius 1 is 0.974 bits per heavy atom. The molecule has 0 radical (unpaired) electrons. The van der Waals surface area contributed by atoms with Crippen LogP contribution in [-0.4, -0.2) is 43.0 Å². The molecule has 0 unspecified atom stereocenters. The molecule has 2 aromatic carbocycles. The number of ether oxygens (including phenoxy) is 3. The van der Waals surface area contributed by atoms with Crippen LogP contribution in [0.5, 0.6) is 0 Å². The highest BCUT2D eigenvalue weighted by Crippen LogP contribution is 2.30. The first-order valence-electron chi connectivity index (χ1n) is 13.0. The summed E-state index contributed by atoms with van der Waals surface area (Å²) in [5, 5.41) is 5.83. The third kappa shape index (κ3) is 9.57. The number of methoxy groups -OCH3 is 1. The Hall–Kier alpha value is -3.81. The highest BCUT2D eigenvalue weighted by molar-refractivity contribution is 5.92. The maximum Gasteiger partial charge on any atom is 0.411 e. The van der Waals surface area contributed by atoms with E-state index in [1.54, 1.807) is 0 Å². The molecule has 1 saturated carbocycles. The van der Waals surface area contributed by atoms with Crippen molar-refractivity contribution in [3.8, 4) is 11.1 Å². The van der Waals surface area contributed by atoms with Gasteiger partial charge in [-0.05, 0) is 70.1 Å². The van der Waals surface area contributed by atoms with E-state index >= 15 is 0 Å². The number of carbonyl (C=O) groups is 3. The smallest absolute Gasteiger partial charge is 0.411 e. The maximum atomic E-state index is 12.9. The predicted molar refractivity (Wildman–Crippen MR) is 148 cm³/mol. The lowest BCUT2D eigenvalue weighted by Crippen LogP contribution is -2.42. The molecule has 0 spiro atoms. The number of carbonyl (C=O) groups excluding carboxylic acids is 3. The molecule has 8 nitrogen and oxygen atoms in total. The summed E-state index contributed by atoms with van der Waals surface area (Å²) in [6, 6.07) is 15.6. The van der Waals surface area contributed by atoms with Gasteiger partial charge in [-0.25, -0.2) is 9.59 Å². The van der Waals surface area contributed by atoms with Crippen LogP contribution in [0.4, 0.5) is 15.3 Å². The SMILES string of the molecule is COC(=O)CC/C=C/c1ccc(-c2ccccc2)c(NC(=O)O[C@H]2CC[C@H](NC(=O)OC(C)(C)C)CC2)c1. The van der Waals surface area contributed by atoms with E-state index in [0.717, 1.165) is 16.7 Å². The number of nitrogens with one attached hydrogen (secondary N) is 2. The molecule has 2 amide bonds. The first kappa shape index (κ1) is 28.8. The van der Waals surface area contributed by atoms with E-state index in [1.807, 2.05) is 81.5 Å². The van der Waals surface area contributed by atoms with Crippen molar-refractivity contribution >= 4 is 29.9 Å². The summed E-state index contributed by atoms with van der Waals surface area (Å²) in [7, 11) is 1.37. The van der Waals surface area contributed by atoms with Gasteiger partial charge in [0, 0.05) is 18.0 Å². The monoisotopic (exact) mass is 522 g/mol. The fourth-order valence-electron chi connectivity index (χ4n) is 4.25. The molecule has 1 aliphatic rings. The summed E-state index contributed by atoms with van der Waals surface area (Å²) < 4.78 is 15.7. The minimum Gasteiger partial charge on any atom is -0.469 e. The van der Waals surface area contributed by atoms with Crippen molar-refractivity contribution < 1.29 is 28.6 Å². The molecule has 1 fully saturated rings. The van der Waals surface area contributed by atoms with E-state index in [4.69, 9.17) is 9.47 Å². The van der Waals surface area contributed by atoms with E-state index < -0.39 is 17.8 Å². The molecule has 2 aromatic rings. The Morgan fingerprint density at radius 3 is 2.34 bits per heavy atom. The number of anilines is 1. The molecule has 0 atom stereocenters. The Morgan fingerprint density at radius 2 is 1.68 bits per heavy atom. The van der Waals surface area contributed by atoms with Crippen molar-refractivity contribution in [2.45, 2.75) is 77.0 Å². The van der Waals surface area contributed by atoms with E-state index in [-0.39, 0.29) is 18.1 Å². The fourth-order valence-corrected chi connectivity index (χ4v) is 4.25. The zero-order chi connectivity index (χ0) is 27.5. The summed E-state index contributed by atoms with van der Waals surface area (Å²) in [4.78, 5) is 36.2. The van der Waals surface area contributed by atoms with Gasteiger partial charge in [0.25, 0.3) is 0 Å². The Bertz CT molecular complexity index is 1120. The molecular formula is C30H38N2O6. The molecule has 0 heterocycles. The van der Waals surface area contributed by atoms with Crippen molar-refractivity contribution in [3.05, 3.63) is 60.2 Å². The Kier molecular flexibility index (Phi) is 10.3. The van der Waals surface area contributed by atoms with E-state index in [9.17, 15) is 14.4 Å². The molecule has 0 bridgehead atoms. The second kappa shape index (κ2) is 13.7. The van der Waals surface area contributed by atoms with E-state index in [2.05, 4.69) is 15.4 Å². The van der Waals surface area contributed by atoms with Gasteiger partial charge >= 0.3 is 18.2 Å². The van der Waals surface area contributed by atoms with Crippen LogP contribution in [0.2, 0.25) is 0 Å². The molecule has 204 valence electrons. The van der Waals surface area contributed by atoms with Gasteiger partial charge in [0.1, 0.15) is 11.7 Å². The molecule has 1 aliphatic carbocycles. The molecule has 0 saturated heterocycles. The van der Waals surface area contributed by atoms with Crippen LogP contribution in [0.3, 0.4) is 0 Å². The van der Waals surface area contributed by atoms with Gasteiger partial charge in [0.2, 0.25) is 0 Å². The lowest BCUT2D eigenvalue weighted by atomic mass is 9.93. The summed E-state index contributed by atoms with van der Waals surface area (Å²) in [5.74, 6) is -0.256. The average molecular weight is 523 g/mol. The van der Waals surface area contributed by atoms with Crippen LogP contribution in [0.1, 0.15) is 64.9 Å². The number of rotatable bonds is 8. The van der Waals surface area contributed by atoms with Crippen molar-refractivity contribution in [2.75, 3.05) is 12.4 Å². The standard InChI is InChI=1S/C30H38N2O6/c1-30(2,3)38-29(35)31-23-15-17-24(18-16-23)37-28(34)32-26-20-21(10-8-9-13-27(33)36-4)14-19-25(26)22-11-6-5-7-12-22/h5-8,10-12,14,19-20,23-24H,9,13,15-18H2,1-4H3,(H,31,35)(H,32,34)/b10-8+/t23-,24-. The lowest BCUT2D eigenvalue weighted by Gasteiger charge is -2.30. The van der Waals surface area contributed by atoms with Crippen LogP contribution in [0.25, 0.3) is 17.2 Å². The number of hydrogen-bond donors (Lipinski definition) is 2. The molecule has 8 heteroatoms. The number of benzene rings is 2. The van der Waals surface area contributed by atoms with Gasteiger partial charge < -0.3 is 19.5 Å². The molecule has 38 heavy (non-hydrogen) atoms. The quantitative estimate of drug-likeness (QED) is 0.295. The van der Waals surface area contributed by atoms with Gasteiger partial charge in [0.05, 0.1) is 12.8 Å². The predicted octanol–water partition coefficient (Wildman–Crippen LogP) is 6.70. The van der Waals surface area contributed by atoms with E-state index in [1.165, 1.54) is 7.11 Å². The van der Waals surface area contributed by atoms with Gasteiger partial charge in [-0.15, -0.1) is 0 Å². The Labute approximate surface area is 224 Å². The average Bonchev–Trinajstić information content (AvgIpc) is 2.87. The minimum absolute atomic E-state index is 0.0000886. The van der Waals surface area contributed by atoms with Crippen LogP contribution < -0.4 is 10.6 Å². The second-order valence-electron chi connectivity index (χ2n) is 10.3. The normalized spacial score (nSPS) is 17.5. The van der Waals surface area contributed by atoms with Crippen molar-refractivity contribution in [3.63, 3.8) is 0 Å². The lowest BCUT2D eigenvalue weighted by molar-refractivity contribution is -0.140. The third-order valence-corrected chi connectivity index (χ3v) is 6.09. The number of allylic oxidation sites excluding steroid dienone is 1. The molecule has 0 aliphatic heterocycles. The van der Waals surface area contributed by atoms with E-state index in [0.29, 0.717) is 44.2 Å². The maximum absolute atomic E-state index is 12.9. The van der Waals surface area contributed by atoms with Crippen molar-refractivity contribution in [2.24, 2.45) is 0 Å². The molecule has 2 N–H and O–H groups in total. The van der Waals surface area contributed by atoms with Gasteiger partial charge in [-0.2, -0.15) is 0 Å². The number of esters is 1. The van der Waals surface area contributed by atoms with Gasteiger partial charge in [0.15, 0.2) is 0 Å². The third-order valence-electron chi connectivity index (χ3n) is 6.09. The first-order chi connectivity index (χ1) is 18.1. The van der Waals surface area contributed by atoms with Crippen molar-refractivity contribution in [1.82, 2.24) is 5.32 Å². The summed E-state index contributed by atoms with van der Waals surface area (Å²) in [5.41, 5.74) is 2.82. The van der Waals surface area contributed by atoms with Crippen LogP contribution in [0.15, 0.2) is 54.6 Å². The minimum atomic E-state index is -0.544. The second-order valence-corrected chi connectivity index (χ2v) is 10.3. The number of alkyl carbamates (subject to hydrolysis) is 1. The largest absolute Gasteiger partial charge is 0.469 e. The molecular weight excluding hydrogens is 484 g/mol. The summed E-state index contributed by atoms with van der Waals surface area (Å²) in [6.45, 7) is 5.49. The number of hydrogen-bond acceptors (Lipinski definition) is 6. The number of amides is 2. The summed E-state index contributed by atoms with van der Waals surface area (Å²) in [6.07, 6.45) is 6.23. The highest BCUT2D eigenvalue weighted by atomic mass is 16.6. The van der Waals surface area contributed by atoms with Crippen molar-refractivity contribution in [1.29, 1.82) is 0 Å².